The van der Waals surface area contributed by atoms with E-state index in [1.54, 1.807) is 0 Å². The van der Waals surface area contributed by atoms with Gasteiger partial charge in [-0.15, -0.1) is 0 Å². The predicted molar refractivity (Wildman–Crippen MR) is 88.2 cm³/mol. The van der Waals surface area contributed by atoms with Gasteiger partial charge in [-0.3, -0.25) is 0 Å². The van der Waals surface area contributed by atoms with Crippen LogP contribution in [0.5, 0.6) is 0 Å². The van der Waals surface area contributed by atoms with Gasteiger partial charge in [-0.25, -0.2) is 0 Å². The Hall–Kier alpha value is -2.16. The molecule has 0 aromatic heterocycles. The molecule has 2 heteroatoms. The lowest BCUT2D eigenvalue weighted by molar-refractivity contribution is 0.263. The molecule has 4 rings (SSSR count). The normalized spacial score (nSPS) is 19.7. The first-order valence-corrected chi connectivity index (χ1v) is 7.67. The maximum absolute atomic E-state index is 10.0. The molecule has 22 heavy (non-hydrogen) atoms. The molecule has 3 aromatic carbocycles. The van der Waals surface area contributed by atoms with Crippen LogP contribution >= 0.6 is 0 Å². The van der Waals surface area contributed by atoms with Crippen LogP contribution in [0.2, 0.25) is 0 Å². The maximum atomic E-state index is 10.0. The van der Waals surface area contributed by atoms with Crippen molar-refractivity contribution < 1.29 is 10.2 Å². The second-order valence-corrected chi connectivity index (χ2v) is 5.89. The first-order chi connectivity index (χ1) is 10.8. The third kappa shape index (κ3) is 1.81. The summed E-state index contributed by atoms with van der Waals surface area (Å²) in [5.74, 6) is -0.0429. The number of hydrogen-bond donors (Lipinski definition) is 2. The van der Waals surface area contributed by atoms with Crippen molar-refractivity contribution in [3.8, 4) is 0 Å². The highest BCUT2D eigenvalue weighted by atomic mass is 16.3. The van der Waals surface area contributed by atoms with Gasteiger partial charge in [0.1, 0.15) is 0 Å². The third-order valence-corrected chi connectivity index (χ3v) is 4.84. The third-order valence-electron chi connectivity index (χ3n) is 4.84. The van der Waals surface area contributed by atoms with Crippen molar-refractivity contribution in [2.75, 3.05) is 13.2 Å². The summed E-state index contributed by atoms with van der Waals surface area (Å²) in [6.45, 7) is 0.163. The van der Waals surface area contributed by atoms with Gasteiger partial charge in [0, 0.05) is 11.8 Å². The Morgan fingerprint density at radius 2 is 1.27 bits per heavy atom. The van der Waals surface area contributed by atoms with E-state index in [1.165, 1.54) is 16.3 Å². The number of hydrogen-bond acceptors (Lipinski definition) is 2. The average molecular weight is 290 g/mol. The van der Waals surface area contributed by atoms with Gasteiger partial charge < -0.3 is 10.2 Å². The molecule has 2 atom stereocenters. The van der Waals surface area contributed by atoms with Crippen molar-refractivity contribution in [1.82, 2.24) is 0 Å². The number of rotatable bonds is 2. The number of aliphatic hydroxyl groups is 2. The van der Waals surface area contributed by atoms with Crippen LogP contribution in [0, 0.1) is 0 Å². The van der Waals surface area contributed by atoms with E-state index in [9.17, 15) is 10.2 Å². The van der Waals surface area contributed by atoms with Gasteiger partial charge in [0.25, 0.3) is 0 Å². The highest BCUT2D eigenvalue weighted by Crippen LogP contribution is 2.45. The van der Waals surface area contributed by atoms with Crippen molar-refractivity contribution in [2.45, 2.75) is 11.8 Å². The second kappa shape index (κ2) is 5.24. The summed E-state index contributed by atoms with van der Waals surface area (Å²) in [4.78, 5) is 0. The predicted octanol–water partition coefficient (Wildman–Crippen LogP) is 3.40. The zero-order valence-electron chi connectivity index (χ0n) is 12.2. The molecule has 2 N–H and O–H groups in total. The van der Waals surface area contributed by atoms with E-state index >= 15 is 0 Å². The monoisotopic (exact) mass is 290 g/mol. The van der Waals surface area contributed by atoms with Gasteiger partial charge in [-0.1, -0.05) is 60.7 Å². The summed E-state index contributed by atoms with van der Waals surface area (Å²) in [7, 11) is 0. The standard InChI is InChI=1S/C20H18O2/c21-11-18-15-7-3-4-8-16(15)19(12-22)20-14-6-2-1-5-13(14)9-10-17(18)20/h1-10,18-19,21-22H,11-12H2/t18-,19+/m1/s1. The zero-order valence-corrected chi connectivity index (χ0v) is 12.2. The largest absolute Gasteiger partial charge is 0.395 e. The number of benzene rings is 3. The topological polar surface area (TPSA) is 40.5 Å². The minimum absolute atomic E-state index is 0.0152. The smallest absolute Gasteiger partial charge is 0.0540 e. The summed E-state index contributed by atoms with van der Waals surface area (Å²) in [6.07, 6.45) is 0. The molecule has 0 saturated carbocycles. The van der Waals surface area contributed by atoms with Crippen molar-refractivity contribution in [1.29, 1.82) is 0 Å². The molecular formula is C20H18O2. The van der Waals surface area contributed by atoms with Gasteiger partial charge >= 0.3 is 0 Å². The molecule has 0 saturated heterocycles. The fraction of sp³-hybridized carbons (Fsp3) is 0.200. The van der Waals surface area contributed by atoms with E-state index in [0.29, 0.717) is 0 Å². The van der Waals surface area contributed by atoms with Gasteiger partial charge in [-0.05, 0) is 33.0 Å². The molecule has 1 aliphatic carbocycles. The van der Waals surface area contributed by atoms with Crippen LogP contribution < -0.4 is 0 Å². The SMILES string of the molecule is OC[C@@H]1c2ccccc2[C@H](CO)c2c1ccc1ccccc21. The highest BCUT2D eigenvalue weighted by Gasteiger charge is 2.32. The van der Waals surface area contributed by atoms with Crippen LogP contribution in [0.25, 0.3) is 10.8 Å². The molecule has 0 unspecified atom stereocenters. The van der Waals surface area contributed by atoms with E-state index in [-0.39, 0.29) is 25.0 Å². The van der Waals surface area contributed by atoms with Crippen LogP contribution in [-0.2, 0) is 0 Å². The molecular weight excluding hydrogens is 272 g/mol. The maximum Gasteiger partial charge on any atom is 0.0540 e. The number of fused-ring (bicyclic) bond motifs is 4. The zero-order chi connectivity index (χ0) is 15.1. The minimum atomic E-state index is -0.0277. The Balaban J connectivity index is 2.08. The first-order valence-electron chi connectivity index (χ1n) is 7.67. The van der Waals surface area contributed by atoms with Gasteiger partial charge in [0.2, 0.25) is 0 Å². The summed E-state index contributed by atoms with van der Waals surface area (Å²) in [5, 5.41) is 22.3. The van der Waals surface area contributed by atoms with Crippen molar-refractivity contribution in [3.63, 3.8) is 0 Å². The van der Waals surface area contributed by atoms with Gasteiger partial charge in [0.15, 0.2) is 0 Å². The lowest BCUT2D eigenvalue weighted by atomic mass is 9.71. The Bertz CT molecular complexity index is 838. The minimum Gasteiger partial charge on any atom is -0.395 e. The van der Waals surface area contributed by atoms with E-state index in [1.807, 2.05) is 24.3 Å². The van der Waals surface area contributed by atoms with Crippen molar-refractivity contribution in [2.24, 2.45) is 0 Å². The summed E-state index contributed by atoms with van der Waals surface area (Å²) >= 11 is 0. The Morgan fingerprint density at radius 1 is 0.636 bits per heavy atom. The van der Waals surface area contributed by atoms with E-state index in [0.717, 1.165) is 16.7 Å². The Morgan fingerprint density at radius 3 is 2.00 bits per heavy atom. The molecule has 0 fully saturated rings. The van der Waals surface area contributed by atoms with E-state index in [2.05, 4.69) is 36.4 Å². The van der Waals surface area contributed by atoms with Crippen molar-refractivity contribution in [3.05, 3.63) is 82.9 Å². The summed E-state index contributed by atoms with van der Waals surface area (Å²) in [5.41, 5.74) is 4.57. The lowest BCUT2D eigenvalue weighted by Gasteiger charge is -2.33. The molecule has 3 aromatic rings. The van der Waals surface area contributed by atoms with Crippen LogP contribution in [0.3, 0.4) is 0 Å². The van der Waals surface area contributed by atoms with Crippen LogP contribution in [0.1, 0.15) is 34.1 Å². The van der Waals surface area contributed by atoms with Gasteiger partial charge in [-0.2, -0.15) is 0 Å². The molecule has 110 valence electrons. The Labute approximate surface area is 129 Å². The first kappa shape index (κ1) is 13.5. The fourth-order valence-electron chi connectivity index (χ4n) is 3.86. The van der Waals surface area contributed by atoms with Gasteiger partial charge in [0.05, 0.1) is 13.2 Å². The lowest BCUT2D eigenvalue weighted by Crippen LogP contribution is -2.22. The molecule has 0 spiro atoms. The average Bonchev–Trinajstić information content (AvgIpc) is 2.59. The molecule has 0 bridgehead atoms. The van der Waals surface area contributed by atoms with Crippen LogP contribution in [0.4, 0.5) is 0 Å². The quantitative estimate of drug-likeness (QED) is 0.759. The molecule has 0 heterocycles. The summed E-state index contributed by atoms with van der Waals surface area (Å²) in [6, 6.07) is 20.6. The Kier molecular flexibility index (Phi) is 3.21. The van der Waals surface area contributed by atoms with E-state index in [4.69, 9.17) is 0 Å². The van der Waals surface area contributed by atoms with Crippen LogP contribution in [0.15, 0.2) is 60.7 Å². The number of aliphatic hydroxyl groups excluding tert-OH is 2. The van der Waals surface area contributed by atoms with Crippen LogP contribution in [-0.4, -0.2) is 23.4 Å². The second-order valence-electron chi connectivity index (χ2n) is 5.89. The molecule has 0 radical (unpaired) electrons. The molecule has 0 aliphatic heterocycles. The van der Waals surface area contributed by atoms with Crippen molar-refractivity contribution >= 4 is 10.8 Å². The molecule has 2 nitrogen and oxygen atoms in total. The van der Waals surface area contributed by atoms with E-state index < -0.39 is 0 Å². The highest BCUT2D eigenvalue weighted by molar-refractivity contribution is 5.89. The summed E-state index contributed by atoms with van der Waals surface area (Å²) < 4.78 is 0. The fourth-order valence-corrected chi connectivity index (χ4v) is 3.86. The molecule has 0 amide bonds. The molecule has 1 aliphatic rings.